The third-order valence-electron chi connectivity index (χ3n) is 1.71. The minimum Gasteiger partial charge on any atom is -0.212 e. The number of hydrogen-bond donors (Lipinski definition) is 0. The van der Waals surface area contributed by atoms with Gasteiger partial charge in [-0.2, -0.15) is 10.5 Å². The standard InChI is InChI=1S/C8H4BN3/c10-4-7-2-1-3-8(5-11)9(7)6-12/h1-3,7H. The van der Waals surface area contributed by atoms with Crippen LogP contribution in [0.15, 0.2) is 23.7 Å². The third kappa shape index (κ3) is 1.22. The Bertz CT molecular complexity index is 361. The van der Waals surface area contributed by atoms with Gasteiger partial charge in [-0.15, -0.1) is 0 Å². The molecule has 4 heteroatoms. The van der Waals surface area contributed by atoms with Crippen LogP contribution in [0.5, 0.6) is 0 Å². The molecule has 0 fully saturated rings. The van der Waals surface area contributed by atoms with Gasteiger partial charge in [-0.05, 0) is 0 Å². The van der Waals surface area contributed by atoms with Crippen LogP contribution in [-0.4, -0.2) is 6.71 Å². The Morgan fingerprint density at radius 2 is 2.08 bits per heavy atom. The van der Waals surface area contributed by atoms with Crippen LogP contribution >= 0.6 is 0 Å². The van der Waals surface area contributed by atoms with Gasteiger partial charge in [-0.1, -0.05) is 18.2 Å². The van der Waals surface area contributed by atoms with Gasteiger partial charge in [0, 0.05) is 11.4 Å². The fourth-order valence-electron chi connectivity index (χ4n) is 1.06. The predicted octanol–water partition coefficient (Wildman–Crippen LogP) is 0.997. The van der Waals surface area contributed by atoms with E-state index in [9.17, 15) is 0 Å². The van der Waals surface area contributed by atoms with E-state index in [0.717, 1.165) is 0 Å². The molecule has 1 heterocycles. The maximum atomic E-state index is 8.67. The number of allylic oxidation sites excluding steroid dienone is 4. The summed E-state index contributed by atoms with van der Waals surface area (Å²) in [5, 5.41) is 25.9. The van der Waals surface area contributed by atoms with Crippen LogP contribution in [-0.2, 0) is 0 Å². The molecule has 1 aliphatic heterocycles. The van der Waals surface area contributed by atoms with Crippen LogP contribution in [0.25, 0.3) is 0 Å². The summed E-state index contributed by atoms with van der Waals surface area (Å²) in [6.07, 6.45) is 4.84. The lowest BCUT2D eigenvalue weighted by Gasteiger charge is -2.09. The topological polar surface area (TPSA) is 71.4 Å². The van der Waals surface area contributed by atoms with Crippen LogP contribution in [0.4, 0.5) is 0 Å². The van der Waals surface area contributed by atoms with Crippen molar-refractivity contribution in [3.63, 3.8) is 0 Å². The Kier molecular flexibility index (Phi) is 2.31. The summed E-state index contributed by atoms with van der Waals surface area (Å²) < 4.78 is 0. The third-order valence-corrected chi connectivity index (χ3v) is 1.71. The first-order valence-electron chi connectivity index (χ1n) is 3.41. The lowest BCUT2D eigenvalue weighted by Crippen LogP contribution is -2.21. The van der Waals surface area contributed by atoms with Crippen LogP contribution in [0.1, 0.15) is 0 Å². The molecule has 54 valence electrons. The molecule has 0 saturated heterocycles. The van der Waals surface area contributed by atoms with Gasteiger partial charge >= 0.3 is 6.71 Å². The second-order valence-corrected chi connectivity index (χ2v) is 2.38. The highest BCUT2D eigenvalue weighted by molar-refractivity contribution is 6.77. The molecule has 0 N–H and O–H groups in total. The largest absolute Gasteiger partial charge is 0.332 e. The van der Waals surface area contributed by atoms with Crippen molar-refractivity contribution in [3.8, 4) is 18.1 Å². The Hall–Kier alpha value is -1.99. The second kappa shape index (κ2) is 3.42. The SMILES string of the molecule is N#CB1C(C#N)=CC=CC1C#N. The highest BCUT2D eigenvalue weighted by Crippen LogP contribution is 2.21. The molecule has 0 spiro atoms. The van der Waals surface area contributed by atoms with E-state index in [0.29, 0.717) is 5.47 Å². The molecule has 1 atom stereocenters. The van der Waals surface area contributed by atoms with Gasteiger partial charge in [0.25, 0.3) is 0 Å². The summed E-state index contributed by atoms with van der Waals surface area (Å²) >= 11 is 0. The molecule has 0 bridgehead atoms. The molecule has 0 aromatic rings. The summed E-state index contributed by atoms with van der Waals surface area (Å²) in [6, 6.07) is 3.87. The van der Waals surface area contributed by atoms with Gasteiger partial charge in [0.2, 0.25) is 0 Å². The van der Waals surface area contributed by atoms with E-state index >= 15 is 0 Å². The average molecular weight is 153 g/mol. The average Bonchev–Trinajstić information content (AvgIpc) is 2.16. The molecular formula is C8H4BN3. The molecule has 0 amide bonds. The molecule has 12 heavy (non-hydrogen) atoms. The molecule has 3 nitrogen and oxygen atoms in total. The molecule has 0 aliphatic carbocycles. The molecule has 0 saturated carbocycles. The quantitative estimate of drug-likeness (QED) is 0.487. The Morgan fingerprint density at radius 1 is 1.33 bits per heavy atom. The van der Waals surface area contributed by atoms with E-state index in [1.54, 1.807) is 18.2 Å². The summed E-state index contributed by atoms with van der Waals surface area (Å²) in [7, 11) is 0. The van der Waals surface area contributed by atoms with Crippen molar-refractivity contribution in [2.75, 3.05) is 0 Å². The van der Waals surface area contributed by atoms with E-state index in [4.69, 9.17) is 15.8 Å². The number of nitriles is 3. The van der Waals surface area contributed by atoms with Crippen molar-refractivity contribution in [2.45, 2.75) is 5.82 Å². The minimum atomic E-state index is -0.593. The Labute approximate surface area is 70.9 Å². The van der Waals surface area contributed by atoms with E-state index in [1.807, 2.05) is 18.1 Å². The van der Waals surface area contributed by atoms with Crippen molar-refractivity contribution in [3.05, 3.63) is 23.7 Å². The van der Waals surface area contributed by atoms with Gasteiger partial charge in [-0.3, -0.25) is 0 Å². The summed E-state index contributed by atoms with van der Waals surface area (Å²) in [5.41, 5.74) is 0.367. The first-order valence-corrected chi connectivity index (χ1v) is 3.41. The summed E-state index contributed by atoms with van der Waals surface area (Å²) in [6.45, 7) is -0.593. The molecule has 1 rings (SSSR count). The van der Waals surface area contributed by atoms with Gasteiger partial charge in [0.1, 0.15) is 0 Å². The van der Waals surface area contributed by atoms with Gasteiger partial charge in [0.05, 0.1) is 18.0 Å². The zero-order valence-electron chi connectivity index (χ0n) is 6.23. The van der Waals surface area contributed by atoms with Crippen molar-refractivity contribution in [1.29, 1.82) is 15.8 Å². The summed E-state index contributed by atoms with van der Waals surface area (Å²) in [4.78, 5) is 0. The lowest BCUT2D eigenvalue weighted by molar-refractivity contribution is 1.29. The Morgan fingerprint density at radius 3 is 2.58 bits per heavy atom. The van der Waals surface area contributed by atoms with Gasteiger partial charge < -0.3 is 0 Å². The van der Waals surface area contributed by atoms with Crippen molar-refractivity contribution in [2.24, 2.45) is 0 Å². The van der Waals surface area contributed by atoms with Gasteiger partial charge in [-0.25, -0.2) is 5.26 Å². The highest BCUT2D eigenvalue weighted by atomic mass is 14.3. The zero-order valence-corrected chi connectivity index (χ0v) is 6.23. The normalized spacial score (nSPS) is 20.2. The lowest BCUT2D eigenvalue weighted by atomic mass is 9.37. The van der Waals surface area contributed by atoms with Crippen LogP contribution in [0, 0.1) is 33.9 Å². The monoisotopic (exact) mass is 153 g/mol. The number of rotatable bonds is 0. The molecule has 0 radical (unpaired) electrons. The molecule has 1 unspecified atom stereocenters. The van der Waals surface area contributed by atoms with Crippen molar-refractivity contribution < 1.29 is 0 Å². The zero-order chi connectivity index (χ0) is 8.97. The van der Waals surface area contributed by atoms with E-state index in [1.165, 1.54) is 0 Å². The van der Waals surface area contributed by atoms with Crippen LogP contribution in [0.2, 0.25) is 5.82 Å². The molecule has 0 aromatic heterocycles. The first-order chi connectivity index (χ1) is 5.83. The van der Waals surface area contributed by atoms with Gasteiger partial charge in [0.15, 0.2) is 0 Å². The molecule has 1 aliphatic rings. The maximum absolute atomic E-state index is 8.67. The predicted molar refractivity (Wildman–Crippen MR) is 43.6 cm³/mol. The smallest absolute Gasteiger partial charge is 0.212 e. The van der Waals surface area contributed by atoms with E-state index in [-0.39, 0.29) is 0 Å². The van der Waals surface area contributed by atoms with Crippen molar-refractivity contribution >= 4 is 6.71 Å². The maximum Gasteiger partial charge on any atom is 0.332 e. The van der Waals surface area contributed by atoms with Crippen LogP contribution in [0.3, 0.4) is 0 Å². The Balaban J connectivity index is 3.02. The molecule has 0 aromatic carbocycles. The molecular weight excluding hydrogens is 149 g/mol. The van der Waals surface area contributed by atoms with E-state index < -0.39 is 12.5 Å². The number of nitrogens with zero attached hydrogens (tertiary/aromatic N) is 3. The van der Waals surface area contributed by atoms with E-state index in [2.05, 4.69) is 0 Å². The fraction of sp³-hybridized carbons (Fsp3) is 0.125. The van der Waals surface area contributed by atoms with Crippen molar-refractivity contribution in [1.82, 2.24) is 0 Å². The fourth-order valence-corrected chi connectivity index (χ4v) is 1.06. The highest BCUT2D eigenvalue weighted by Gasteiger charge is 2.30. The first kappa shape index (κ1) is 8.11. The van der Waals surface area contributed by atoms with Crippen LogP contribution < -0.4 is 0 Å². The summed E-state index contributed by atoms with van der Waals surface area (Å²) in [5.74, 6) is 1.46. The minimum absolute atomic E-state index is 0.367. The second-order valence-electron chi connectivity index (χ2n) is 2.38. The number of hydrogen-bond acceptors (Lipinski definition) is 3.